The van der Waals surface area contributed by atoms with Gasteiger partial charge in [-0.05, 0) is 57.7 Å². The van der Waals surface area contributed by atoms with E-state index in [0.29, 0.717) is 17.5 Å². The van der Waals surface area contributed by atoms with E-state index in [1.165, 1.54) is 38.9 Å². The first-order valence-corrected chi connectivity index (χ1v) is 9.87. The highest BCUT2D eigenvalue weighted by Gasteiger charge is 2.22. The maximum Gasteiger partial charge on any atom is 0.280 e. The molecule has 0 radical (unpaired) electrons. The Kier molecular flexibility index (Phi) is 5.59. The molecule has 2 aliphatic heterocycles. The Hall–Kier alpha value is -1.80. The molecule has 1 atom stereocenters. The Labute approximate surface area is 153 Å². The number of ether oxygens (including phenoxy) is 1. The van der Waals surface area contributed by atoms with Gasteiger partial charge in [0.15, 0.2) is 11.5 Å². The third kappa shape index (κ3) is 4.29. The Morgan fingerprint density at radius 1 is 1.23 bits per heavy atom. The molecule has 0 saturated carbocycles. The number of rotatable bonds is 7. The number of hydrogen-bond acceptors (Lipinski definition) is 7. The van der Waals surface area contributed by atoms with Crippen molar-refractivity contribution in [1.29, 1.82) is 0 Å². The van der Waals surface area contributed by atoms with Gasteiger partial charge in [0.1, 0.15) is 0 Å². The second kappa shape index (κ2) is 8.26. The molecule has 2 aliphatic rings. The molecular weight excluding hydrogens is 332 g/mol. The van der Waals surface area contributed by atoms with Crippen molar-refractivity contribution in [2.24, 2.45) is 5.92 Å². The van der Waals surface area contributed by atoms with Crippen LogP contribution < -0.4 is 0 Å². The van der Waals surface area contributed by atoms with Crippen LogP contribution in [-0.4, -0.2) is 62.4 Å². The summed E-state index contributed by atoms with van der Waals surface area (Å²) in [6, 6.07) is 0. The first-order chi connectivity index (χ1) is 12.8. The lowest BCUT2D eigenvalue weighted by Crippen LogP contribution is -2.34. The molecule has 142 valence electrons. The summed E-state index contributed by atoms with van der Waals surface area (Å²) in [6.07, 6.45) is 8.83. The molecule has 26 heavy (non-hydrogen) atoms. The van der Waals surface area contributed by atoms with Crippen LogP contribution in [0.4, 0.5) is 0 Å². The molecular formula is C18H28N6O2. The van der Waals surface area contributed by atoms with E-state index in [-0.39, 0.29) is 6.10 Å². The summed E-state index contributed by atoms with van der Waals surface area (Å²) < 4.78 is 12.9. The second-order valence-corrected chi connectivity index (χ2v) is 7.47. The Morgan fingerprint density at radius 2 is 2.12 bits per heavy atom. The number of hydrogen-bond donors (Lipinski definition) is 0. The molecule has 0 aliphatic carbocycles. The minimum absolute atomic E-state index is 0.237. The third-order valence-electron chi connectivity index (χ3n) is 5.36. The molecule has 0 bridgehead atoms. The zero-order valence-electron chi connectivity index (χ0n) is 15.5. The van der Waals surface area contributed by atoms with Crippen molar-refractivity contribution >= 4 is 0 Å². The van der Waals surface area contributed by atoms with Crippen molar-refractivity contribution in [3.05, 3.63) is 12.0 Å². The molecule has 2 aromatic heterocycles. The van der Waals surface area contributed by atoms with Gasteiger partial charge < -0.3 is 14.2 Å². The average Bonchev–Trinajstić information content (AvgIpc) is 3.39. The van der Waals surface area contributed by atoms with Gasteiger partial charge in [0, 0.05) is 13.0 Å². The molecule has 0 aromatic carbocycles. The minimum atomic E-state index is 0.237. The molecule has 0 spiro atoms. The van der Waals surface area contributed by atoms with Gasteiger partial charge in [-0.15, -0.1) is 5.10 Å². The molecule has 0 amide bonds. The van der Waals surface area contributed by atoms with Gasteiger partial charge in [0.2, 0.25) is 0 Å². The number of nitrogens with zero attached hydrogens (tertiary/aromatic N) is 6. The van der Waals surface area contributed by atoms with E-state index in [0.717, 1.165) is 38.2 Å². The zero-order valence-corrected chi connectivity index (χ0v) is 15.5. The quantitative estimate of drug-likeness (QED) is 0.748. The smallest absolute Gasteiger partial charge is 0.280 e. The largest absolute Gasteiger partial charge is 0.376 e. The van der Waals surface area contributed by atoms with Gasteiger partial charge in [-0.2, -0.15) is 4.98 Å². The van der Waals surface area contributed by atoms with E-state index in [4.69, 9.17) is 9.26 Å². The molecule has 0 N–H and O–H groups in total. The standard InChI is InChI=1S/C18H28N6O2/c1-2-7-23-8-5-14(6-9-23)11-17-19-18(26-21-17)16-13-24(22-20-16)12-15-4-3-10-25-15/h13-15H,2-12H2,1H3. The van der Waals surface area contributed by atoms with Crippen LogP contribution in [0.5, 0.6) is 0 Å². The lowest BCUT2D eigenvalue weighted by Gasteiger charge is -2.31. The van der Waals surface area contributed by atoms with Gasteiger partial charge in [0.05, 0.1) is 18.8 Å². The average molecular weight is 360 g/mol. The SMILES string of the molecule is CCCN1CCC(Cc2noc(-c3cn(CC4CCCO4)nn3)n2)CC1. The Bertz CT molecular complexity index is 685. The fourth-order valence-corrected chi connectivity index (χ4v) is 3.91. The van der Waals surface area contributed by atoms with Gasteiger partial charge in [-0.3, -0.25) is 0 Å². The van der Waals surface area contributed by atoms with Crippen molar-refractivity contribution in [2.45, 2.75) is 58.1 Å². The summed E-state index contributed by atoms with van der Waals surface area (Å²) >= 11 is 0. The van der Waals surface area contributed by atoms with E-state index in [2.05, 4.69) is 32.3 Å². The highest BCUT2D eigenvalue weighted by atomic mass is 16.5. The molecule has 2 fully saturated rings. The van der Waals surface area contributed by atoms with Crippen LogP contribution in [0.15, 0.2) is 10.7 Å². The highest BCUT2D eigenvalue weighted by Crippen LogP contribution is 2.22. The summed E-state index contributed by atoms with van der Waals surface area (Å²) in [5.41, 5.74) is 0.638. The van der Waals surface area contributed by atoms with Crippen LogP contribution in [0.25, 0.3) is 11.6 Å². The summed E-state index contributed by atoms with van der Waals surface area (Å²) in [7, 11) is 0. The molecule has 4 rings (SSSR count). The fourth-order valence-electron chi connectivity index (χ4n) is 3.91. The van der Waals surface area contributed by atoms with Crippen molar-refractivity contribution < 1.29 is 9.26 Å². The van der Waals surface area contributed by atoms with Gasteiger partial charge >= 0.3 is 0 Å². The van der Waals surface area contributed by atoms with Crippen molar-refractivity contribution in [1.82, 2.24) is 30.0 Å². The van der Waals surface area contributed by atoms with Gasteiger partial charge in [-0.1, -0.05) is 17.3 Å². The minimum Gasteiger partial charge on any atom is -0.376 e. The number of likely N-dealkylation sites (tertiary alicyclic amines) is 1. The molecule has 2 saturated heterocycles. The fraction of sp³-hybridized carbons (Fsp3) is 0.778. The number of aromatic nitrogens is 5. The summed E-state index contributed by atoms with van der Waals surface area (Å²) in [5, 5.41) is 12.5. The first-order valence-electron chi connectivity index (χ1n) is 9.87. The number of piperidine rings is 1. The van der Waals surface area contributed by atoms with Crippen molar-refractivity contribution in [3.8, 4) is 11.6 Å². The van der Waals surface area contributed by atoms with E-state index < -0.39 is 0 Å². The lowest BCUT2D eigenvalue weighted by molar-refractivity contribution is 0.0935. The van der Waals surface area contributed by atoms with E-state index >= 15 is 0 Å². The van der Waals surface area contributed by atoms with E-state index in [1.54, 1.807) is 4.68 Å². The predicted octanol–water partition coefficient (Wildman–Crippen LogP) is 2.17. The van der Waals surface area contributed by atoms with Gasteiger partial charge in [-0.25, -0.2) is 4.68 Å². The summed E-state index contributed by atoms with van der Waals surface area (Å²) in [5.74, 6) is 1.88. The van der Waals surface area contributed by atoms with Gasteiger partial charge in [0.25, 0.3) is 5.89 Å². The van der Waals surface area contributed by atoms with Crippen molar-refractivity contribution in [3.63, 3.8) is 0 Å². The third-order valence-corrected chi connectivity index (χ3v) is 5.36. The maximum absolute atomic E-state index is 5.64. The zero-order chi connectivity index (χ0) is 17.8. The summed E-state index contributed by atoms with van der Waals surface area (Å²) in [6.45, 7) is 7.38. The van der Waals surface area contributed by atoms with Crippen molar-refractivity contribution in [2.75, 3.05) is 26.2 Å². The maximum atomic E-state index is 5.64. The lowest BCUT2D eigenvalue weighted by atomic mass is 9.93. The monoisotopic (exact) mass is 360 g/mol. The predicted molar refractivity (Wildman–Crippen MR) is 95.4 cm³/mol. The van der Waals surface area contributed by atoms with E-state index in [9.17, 15) is 0 Å². The van der Waals surface area contributed by atoms with Crippen LogP contribution in [0.3, 0.4) is 0 Å². The Balaban J connectivity index is 1.31. The van der Waals surface area contributed by atoms with Crippen LogP contribution in [0.2, 0.25) is 0 Å². The second-order valence-electron chi connectivity index (χ2n) is 7.47. The molecule has 2 aromatic rings. The molecule has 4 heterocycles. The molecule has 8 nitrogen and oxygen atoms in total. The Morgan fingerprint density at radius 3 is 2.88 bits per heavy atom. The highest BCUT2D eigenvalue weighted by molar-refractivity contribution is 5.43. The van der Waals surface area contributed by atoms with Crippen LogP contribution >= 0.6 is 0 Å². The molecule has 8 heteroatoms. The van der Waals surface area contributed by atoms with Crippen LogP contribution in [0, 0.1) is 5.92 Å². The summed E-state index contributed by atoms with van der Waals surface area (Å²) in [4.78, 5) is 7.08. The topological polar surface area (TPSA) is 82.1 Å². The first kappa shape index (κ1) is 17.6. The van der Waals surface area contributed by atoms with E-state index in [1.807, 2.05) is 6.20 Å². The molecule has 1 unspecified atom stereocenters. The van der Waals surface area contributed by atoms with Crippen LogP contribution in [0.1, 0.15) is 44.9 Å². The van der Waals surface area contributed by atoms with Crippen LogP contribution in [-0.2, 0) is 17.7 Å². The normalized spacial score (nSPS) is 22.3.